The monoisotopic (exact) mass is 833 g/mol. The predicted octanol–water partition coefficient (Wildman–Crippen LogP) is 14.2. The van der Waals surface area contributed by atoms with Gasteiger partial charge in [-0.25, -0.2) is 4.98 Å². The van der Waals surface area contributed by atoms with Gasteiger partial charge in [-0.2, -0.15) is 0 Å². The summed E-state index contributed by atoms with van der Waals surface area (Å²) >= 11 is 0. The van der Waals surface area contributed by atoms with E-state index in [0.717, 1.165) is 122 Å². The molecule has 0 saturated carbocycles. The Morgan fingerprint density at radius 3 is 1.34 bits per heavy atom. The highest BCUT2D eigenvalue weighted by molar-refractivity contribution is 6.14. The maximum Gasteiger partial charge on any atom is 0.165 e. The van der Waals surface area contributed by atoms with Gasteiger partial charge in [0.25, 0.3) is 0 Å². The summed E-state index contributed by atoms with van der Waals surface area (Å²) in [6, 6.07) is 65.1. The number of aliphatic imine (C=N–C) groups is 1. The summed E-state index contributed by atoms with van der Waals surface area (Å²) in [7, 11) is 0. The Kier molecular flexibility index (Phi) is 8.14. The van der Waals surface area contributed by atoms with Crippen molar-refractivity contribution in [1.82, 2.24) is 28.2 Å². The van der Waals surface area contributed by atoms with E-state index >= 15 is 0 Å². The van der Waals surface area contributed by atoms with Gasteiger partial charge in [-0.15, -0.1) is 0 Å². The van der Waals surface area contributed by atoms with Crippen molar-refractivity contribution in [2.45, 2.75) is 6.92 Å². The Balaban J connectivity index is 1.37. The van der Waals surface area contributed by atoms with Gasteiger partial charge in [0.1, 0.15) is 5.69 Å². The Hall–Kier alpha value is -8.81. The first kappa shape index (κ1) is 36.8. The maximum atomic E-state index is 6.23. The molecule has 0 amide bonds. The van der Waals surface area contributed by atoms with E-state index in [1.165, 1.54) is 0 Å². The number of nitrogens with zero attached hydrogens (tertiary/aromatic N) is 7. The van der Waals surface area contributed by atoms with Crippen LogP contribution in [0.15, 0.2) is 212 Å². The van der Waals surface area contributed by atoms with Crippen molar-refractivity contribution < 1.29 is 0 Å². The molecule has 0 bridgehead atoms. The number of benzene rings is 7. The lowest BCUT2D eigenvalue weighted by Crippen LogP contribution is -2.16. The maximum absolute atomic E-state index is 6.23. The molecule has 0 radical (unpaired) electrons. The molecule has 0 aliphatic carbocycles. The van der Waals surface area contributed by atoms with Crippen LogP contribution in [0.3, 0.4) is 0 Å². The first-order valence-electron chi connectivity index (χ1n) is 21.9. The second kappa shape index (κ2) is 14.4. The third-order valence-electron chi connectivity index (χ3n) is 13.1. The molecule has 7 aromatic carbocycles. The van der Waals surface area contributed by atoms with Gasteiger partial charge in [0, 0.05) is 79.3 Å². The standard InChI is InChI=1S/C58H39N7/c1-3-59-35-45-37(2)62(47-27-13-11-25-43(45)47)55-54(38-19-5-4-6-20-38)56(63-48-28-14-12-26-44(48)46-36-60-34-33-53(46)63)58(65-51-31-17-9-23-41(51)42-24-10-18-32-52(42)65)61-57(55)64-49-29-15-7-21-39(49)40-22-8-16-30-50(40)64/h3-36H,1H2,2H3. The van der Waals surface area contributed by atoms with Crippen molar-refractivity contribution in [2.75, 3.05) is 0 Å². The summed E-state index contributed by atoms with van der Waals surface area (Å²) in [5.41, 5.74) is 13.4. The van der Waals surface area contributed by atoms with Crippen molar-refractivity contribution in [3.05, 3.63) is 218 Å². The van der Waals surface area contributed by atoms with Gasteiger partial charge in [-0.3, -0.25) is 19.1 Å². The normalized spacial score (nSPS) is 12.1. The molecule has 0 aliphatic rings. The molecule has 0 fully saturated rings. The number of rotatable bonds is 7. The highest BCUT2D eigenvalue weighted by Gasteiger charge is 2.32. The Morgan fingerprint density at radius 2 is 0.831 bits per heavy atom. The molecule has 0 N–H and O–H groups in total. The van der Waals surface area contributed by atoms with Gasteiger partial charge in [-0.05, 0) is 55.0 Å². The highest BCUT2D eigenvalue weighted by atomic mass is 15.2. The van der Waals surface area contributed by atoms with E-state index in [2.05, 4.69) is 224 Å². The van der Waals surface area contributed by atoms with E-state index in [1.54, 1.807) is 6.20 Å². The zero-order valence-corrected chi connectivity index (χ0v) is 35.5. The van der Waals surface area contributed by atoms with Gasteiger partial charge in [0.05, 0.1) is 44.3 Å². The Labute approximate surface area is 373 Å². The molecule has 6 heterocycles. The zero-order valence-electron chi connectivity index (χ0n) is 35.5. The Morgan fingerprint density at radius 1 is 0.431 bits per heavy atom. The fourth-order valence-electron chi connectivity index (χ4n) is 10.5. The lowest BCUT2D eigenvalue weighted by atomic mass is 10.0. The van der Waals surface area contributed by atoms with E-state index in [1.807, 2.05) is 18.6 Å². The topological polar surface area (TPSA) is 57.9 Å². The molecule has 7 heteroatoms. The van der Waals surface area contributed by atoms with Gasteiger partial charge in [-0.1, -0.05) is 146 Å². The number of pyridine rings is 2. The number of para-hydroxylation sites is 6. The van der Waals surface area contributed by atoms with Crippen LogP contribution in [-0.2, 0) is 0 Å². The Bertz CT molecular complexity index is 3940. The van der Waals surface area contributed by atoms with Crippen molar-refractivity contribution >= 4 is 82.5 Å². The third kappa shape index (κ3) is 5.27. The molecule has 6 aromatic heterocycles. The van der Waals surface area contributed by atoms with Gasteiger partial charge in [0.15, 0.2) is 11.6 Å². The van der Waals surface area contributed by atoms with Crippen LogP contribution in [0.5, 0.6) is 0 Å². The summed E-state index contributed by atoms with van der Waals surface area (Å²) in [5.74, 6) is 1.59. The first-order valence-corrected chi connectivity index (χ1v) is 21.9. The van der Waals surface area contributed by atoms with Crippen LogP contribution in [0.2, 0.25) is 0 Å². The van der Waals surface area contributed by atoms with Crippen LogP contribution >= 0.6 is 0 Å². The summed E-state index contributed by atoms with van der Waals surface area (Å²) in [5, 5.41) is 7.88. The highest BCUT2D eigenvalue weighted by Crippen LogP contribution is 2.48. The van der Waals surface area contributed by atoms with Gasteiger partial charge in [0.2, 0.25) is 0 Å². The molecule has 0 spiro atoms. The molecule has 13 aromatic rings. The van der Waals surface area contributed by atoms with Gasteiger partial charge >= 0.3 is 0 Å². The molecule has 0 saturated heterocycles. The summed E-state index contributed by atoms with van der Waals surface area (Å²) < 4.78 is 9.62. The fraction of sp³-hybridized carbons (Fsp3) is 0.0172. The van der Waals surface area contributed by atoms with E-state index in [4.69, 9.17) is 4.98 Å². The number of aromatic nitrogens is 6. The van der Waals surface area contributed by atoms with E-state index in [-0.39, 0.29) is 0 Å². The second-order valence-corrected chi connectivity index (χ2v) is 16.5. The third-order valence-corrected chi connectivity index (χ3v) is 13.1. The molecular formula is C58H39N7. The van der Waals surface area contributed by atoms with Crippen LogP contribution < -0.4 is 0 Å². The van der Waals surface area contributed by atoms with Crippen LogP contribution in [0.4, 0.5) is 0 Å². The van der Waals surface area contributed by atoms with Crippen molar-refractivity contribution in [3.63, 3.8) is 0 Å². The minimum absolute atomic E-state index is 0.792. The quantitative estimate of drug-likeness (QED) is 0.150. The lowest BCUT2D eigenvalue weighted by molar-refractivity contribution is 0.941. The summed E-state index contributed by atoms with van der Waals surface area (Å²) in [4.78, 5) is 15.5. The minimum Gasteiger partial charge on any atom is -0.309 e. The number of fused-ring (bicyclic) bond motifs is 10. The fourth-order valence-corrected chi connectivity index (χ4v) is 10.5. The largest absolute Gasteiger partial charge is 0.309 e. The van der Waals surface area contributed by atoms with Crippen LogP contribution in [0.1, 0.15) is 11.3 Å². The molecular weight excluding hydrogens is 795 g/mol. The molecule has 306 valence electrons. The van der Waals surface area contributed by atoms with E-state index in [9.17, 15) is 0 Å². The van der Waals surface area contributed by atoms with E-state index < -0.39 is 0 Å². The summed E-state index contributed by atoms with van der Waals surface area (Å²) in [6.07, 6.45) is 7.42. The van der Waals surface area contributed by atoms with Crippen LogP contribution in [0.25, 0.3) is 110 Å². The average Bonchev–Trinajstić information content (AvgIpc) is 4.07. The number of hydrogen-bond donors (Lipinski definition) is 0. The molecule has 65 heavy (non-hydrogen) atoms. The lowest BCUT2D eigenvalue weighted by Gasteiger charge is -2.27. The number of hydrogen-bond acceptors (Lipinski definition) is 3. The predicted molar refractivity (Wildman–Crippen MR) is 270 cm³/mol. The van der Waals surface area contributed by atoms with Gasteiger partial charge < -0.3 is 9.13 Å². The second-order valence-electron chi connectivity index (χ2n) is 16.5. The summed E-state index contributed by atoms with van der Waals surface area (Å²) in [6.45, 7) is 6.15. The van der Waals surface area contributed by atoms with Crippen molar-refractivity contribution in [2.24, 2.45) is 4.99 Å². The first-order chi connectivity index (χ1) is 32.2. The molecule has 7 nitrogen and oxygen atoms in total. The SMILES string of the molecule is C=CN=Cc1c(C)n(-c2c(-n3c4ccccc4c4ccccc43)nc(-n3c4ccccc4c4ccccc43)c(-n3c4ccccc4c4cnccc43)c2-c2ccccc2)c2ccccc12. The zero-order chi connectivity index (χ0) is 43.2. The smallest absolute Gasteiger partial charge is 0.165 e. The average molecular weight is 834 g/mol. The van der Waals surface area contributed by atoms with E-state index in [0.29, 0.717) is 0 Å². The molecule has 13 rings (SSSR count). The molecule has 0 aliphatic heterocycles. The van der Waals surface area contributed by atoms with Crippen LogP contribution in [0, 0.1) is 6.92 Å². The van der Waals surface area contributed by atoms with Crippen LogP contribution in [-0.4, -0.2) is 34.5 Å². The molecule has 0 unspecified atom stereocenters. The van der Waals surface area contributed by atoms with Crippen molar-refractivity contribution in [1.29, 1.82) is 0 Å². The minimum atomic E-state index is 0.792. The molecule has 0 atom stereocenters. The van der Waals surface area contributed by atoms with Crippen molar-refractivity contribution in [3.8, 4) is 34.1 Å².